The maximum atomic E-state index is 5.90. The fourth-order valence-corrected chi connectivity index (χ4v) is 2.53. The molecule has 1 aromatic carbocycles. The highest BCUT2D eigenvalue weighted by Gasteiger charge is 2.13. The summed E-state index contributed by atoms with van der Waals surface area (Å²) >= 11 is 7.64. The van der Waals surface area contributed by atoms with E-state index >= 15 is 0 Å². The molecule has 0 bridgehead atoms. The van der Waals surface area contributed by atoms with Crippen LogP contribution in [0, 0.1) is 0 Å². The van der Waals surface area contributed by atoms with E-state index in [9.17, 15) is 0 Å². The summed E-state index contributed by atoms with van der Waals surface area (Å²) in [6, 6.07) is 5.64. The lowest BCUT2D eigenvalue weighted by molar-refractivity contribution is 1.16. The van der Waals surface area contributed by atoms with Crippen molar-refractivity contribution in [3.63, 3.8) is 0 Å². The first-order chi connectivity index (χ1) is 7.33. The molecule has 0 saturated heterocycles. The Hall–Kier alpha value is -1.00. The quantitative estimate of drug-likeness (QED) is 0.829. The van der Waals surface area contributed by atoms with Crippen LogP contribution in [0.15, 0.2) is 23.2 Å². The van der Waals surface area contributed by atoms with E-state index in [1.54, 1.807) is 11.8 Å². The molecular formula is C10H8ClN3S. The van der Waals surface area contributed by atoms with Crippen molar-refractivity contribution in [3.05, 3.63) is 29.0 Å². The third-order valence-corrected chi connectivity index (χ3v) is 3.45. The maximum Gasteiger partial charge on any atom is 0.163 e. The van der Waals surface area contributed by atoms with Crippen LogP contribution in [0.4, 0.5) is 0 Å². The van der Waals surface area contributed by atoms with Gasteiger partial charge in [0.25, 0.3) is 0 Å². The molecule has 1 aliphatic rings. The maximum absolute atomic E-state index is 5.90. The number of aliphatic imine (C=N–C) groups is 1. The van der Waals surface area contributed by atoms with Gasteiger partial charge in [-0.05, 0) is 18.2 Å². The molecule has 76 valence electrons. The summed E-state index contributed by atoms with van der Waals surface area (Å²) in [5.41, 5.74) is 1.90. The summed E-state index contributed by atoms with van der Waals surface area (Å²) in [4.78, 5) is 12.1. The normalized spacial score (nSPS) is 15.9. The van der Waals surface area contributed by atoms with E-state index in [4.69, 9.17) is 11.6 Å². The number of nitrogens with zero attached hydrogens (tertiary/aromatic N) is 2. The molecule has 5 heteroatoms. The molecule has 1 aromatic heterocycles. The molecule has 0 atom stereocenters. The Labute approximate surface area is 96.0 Å². The van der Waals surface area contributed by atoms with Gasteiger partial charge in [0, 0.05) is 17.3 Å². The zero-order valence-electron chi connectivity index (χ0n) is 7.83. The number of fused-ring (bicyclic) bond motifs is 1. The molecule has 0 fully saturated rings. The summed E-state index contributed by atoms with van der Waals surface area (Å²) < 4.78 is 0. The second kappa shape index (κ2) is 3.54. The molecule has 0 radical (unpaired) electrons. The topological polar surface area (TPSA) is 41.0 Å². The largest absolute Gasteiger partial charge is 0.336 e. The van der Waals surface area contributed by atoms with Gasteiger partial charge in [0.1, 0.15) is 5.04 Å². The first kappa shape index (κ1) is 9.24. The van der Waals surface area contributed by atoms with Crippen molar-refractivity contribution >= 4 is 39.4 Å². The number of aromatic amines is 1. The van der Waals surface area contributed by atoms with Gasteiger partial charge in [0.2, 0.25) is 0 Å². The molecule has 15 heavy (non-hydrogen) atoms. The number of hydrogen-bond acceptors (Lipinski definition) is 3. The van der Waals surface area contributed by atoms with Gasteiger partial charge >= 0.3 is 0 Å². The highest BCUT2D eigenvalue weighted by atomic mass is 35.5. The van der Waals surface area contributed by atoms with Crippen LogP contribution < -0.4 is 0 Å². The van der Waals surface area contributed by atoms with E-state index in [1.165, 1.54) is 0 Å². The third kappa shape index (κ3) is 1.64. The number of benzene rings is 1. The van der Waals surface area contributed by atoms with Gasteiger partial charge < -0.3 is 4.98 Å². The fourth-order valence-electron chi connectivity index (χ4n) is 1.56. The lowest BCUT2D eigenvalue weighted by Gasteiger charge is -1.90. The minimum absolute atomic E-state index is 0.721. The standard InChI is InChI=1S/C10H8ClN3S/c11-6-1-2-7-8(5-6)14-9(13-7)10-12-3-4-15-10/h1-2,5H,3-4H2,(H,13,14). The van der Waals surface area contributed by atoms with Gasteiger partial charge in [-0.3, -0.25) is 4.99 Å². The number of imidazole rings is 1. The van der Waals surface area contributed by atoms with Crippen molar-refractivity contribution in [2.24, 2.45) is 4.99 Å². The number of halogens is 1. The third-order valence-electron chi connectivity index (χ3n) is 2.23. The van der Waals surface area contributed by atoms with E-state index in [0.717, 1.165) is 39.2 Å². The SMILES string of the molecule is Clc1ccc2nc(C3=NCCS3)[nH]c2c1. The first-order valence-electron chi connectivity index (χ1n) is 4.66. The summed E-state index contributed by atoms with van der Waals surface area (Å²) in [5, 5.41) is 1.72. The van der Waals surface area contributed by atoms with Crippen LogP contribution in [0.1, 0.15) is 5.82 Å². The minimum atomic E-state index is 0.721. The van der Waals surface area contributed by atoms with Gasteiger partial charge in [0.05, 0.1) is 11.0 Å². The van der Waals surface area contributed by atoms with E-state index in [1.807, 2.05) is 18.2 Å². The average molecular weight is 238 g/mol. The van der Waals surface area contributed by atoms with E-state index in [2.05, 4.69) is 15.0 Å². The Balaban J connectivity index is 2.13. The minimum Gasteiger partial charge on any atom is -0.336 e. The Morgan fingerprint density at radius 1 is 1.40 bits per heavy atom. The van der Waals surface area contributed by atoms with Crippen LogP contribution in [-0.2, 0) is 0 Å². The molecule has 0 unspecified atom stereocenters. The van der Waals surface area contributed by atoms with Gasteiger partial charge in [-0.1, -0.05) is 11.6 Å². The van der Waals surface area contributed by atoms with Crippen LogP contribution >= 0.6 is 23.4 Å². The number of nitrogens with one attached hydrogen (secondary N) is 1. The lowest BCUT2D eigenvalue weighted by Crippen LogP contribution is -1.93. The van der Waals surface area contributed by atoms with E-state index in [-0.39, 0.29) is 0 Å². The monoisotopic (exact) mass is 237 g/mol. The number of H-pyrrole nitrogens is 1. The molecule has 2 aromatic rings. The first-order valence-corrected chi connectivity index (χ1v) is 6.02. The van der Waals surface area contributed by atoms with Crippen molar-refractivity contribution in [2.45, 2.75) is 0 Å². The number of aromatic nitrogens is 2. The predicted molar refractivity (Wildman–Crippen MR) is 65.0 cm³/mol. The van der Waals surface area contributed by atoms with Crippen molar-refractivity contribution < 1.29 is 0 Å². The zero-order chi connectivity index (χ0) is 10.3. The summed E-state index contributed by atoms with van der Waals surface area (Å²) in [5.74, 6) is 1.91. The number of hydrogen-bond donors (Lipinski definition) is 1. The Bertz CT molecular complexity index is 547. The highest BCUT2D eigenvalue weighted by molar-refractivity contribution is 8.14. The molecule has 0 aliphatic carbocycles. The summed E-state index contributed by atoms with van der Waals surface area (Å²) in [6.45, 7) is 0.887. The zero-order valence-corrected chi connectivity index (χ0v) is 9.40. The highest BCUT2D eigenvalue weighted by Crippen LogP contribution is 2.21. The number of rotatable bonds is 1. The lowest BCUT2D eigenvalue weighted by atomic mass is 10.3. The van der Waals surface area contributed by atoms with Crippen LogP contribution in [0.3, 0.4) is 0 Å². The molecule has 3 nitrogen and oxygen atoms in total. The smallest absolute Gasteiger partial charge is 0.163 e. The second-order valence-electron chi connectivity index (χ2n) is 3.28. The van der Waals surface area contributed by atoms with Gasteiger partial charge in [-0.2, -0.15) is 0 Å². The second-order valence-corrected chi connectivity index (χ2v) is 4.80. The van der Waals surface area contributed by atoms with Crippen molar-refractivity contribution in [3.8, 4) is 0 Å². The molecule has 0 amide bonds. The van der Waals surface area contributed by atoms with Crippen molar-refractivity contribution in [1.29, 1.82) is 0 Å². The fraction of sp³-hybridized carbons (Fsp3) is 0.200. The van der Waals surface area contributed by atoms with Crippen LogP contribution in [0.25, 0.3) is 11.0 Å². The van der Waals surface area contributed by atoms with Crippen molar-refractivity contribution in [1.82, 2.24) is 9.97 Å². The molecule has 3 rings (SSSR count). The van der Waals surface area contributed by atoms with Gasteiger partial charge in [-0.25, -0.2) is 4.98 Å². The molecule has 0 saturated carbocycles. The molecule has 1 aliphatic heterocycles. The average Bonchev–Trinajstić information content (AvgIpc) is 2.84. The Kier molecular flexibility index (Phi) is 2.18. The van der Waals surface area contributed by atoms with E-state index in [0.29, 0.717) is 0 Å². The predicted octanol–water partition coefficient (Wildman–Crippen LogP) is 2.71. The molecule has 2 heterocycles. The van der Waals surface area contributed by atoms with E-state index < -0.39 is 0 Å². The summed E-state index contributed by atoms with van der Waals surface area (Å²) in [6.07, 6.45) is 0. The molecule has 0 spiro atoms. The number of thioether (sulfide) groups is 1. The Morgan fingerprint density at radius 3 is 3.13 bits per heavy atom. The van der Waals surface area contributed by atoms with Crippen LogP contribution in [-0.4, -0.2) is 27.3 Å². The summed E-state index contributed by atoms with van der Waals surface area (Å²) in [7, 11) is 0. The van der Waals surface area contributed by atoms with Crippen molar-refractivity contribution in [2.75, 3.05) is 12.3 Å². The van der Waals surface area contributed by atoms with Crippen LogP contribution in [0.2, 0.25) is 5.02 Å². The van der Waals surface area contributed by atoms with Gasteiger partial charge in [0.15, 0.2) is 5.82 Å². The molecular weight excluding hydrogens is 230 g/mol. The van der Waals surface area contributed by atoms with Gasteiger partial charge in [-0.15, -0.1) is 11.8 Å². The molecule has 1 N–H and O–H groups in total. The Morgan fingerprint density at radius 2 is 2.33 bits per heavy atom. The van der Waals surface area contributed by atoms with Crippen LogP contribution in [0.5, 0.6) is 0 Å².